The minimum atomic E-state index is -0.454. The fourth-order valence-corrected chi connectivity index (χ4v) is 4.41. The van der Waals surface area contributed by atoms with Crippen LogP contribution in [0.15, 0.2) is 39.1 Å². The molecule has 0 N–H and O–H groups in total. The molecule has 2 amide bonds. The van der Waals surface area contributed by atoms with E-state index in [1.165, 1.54) is 16.7 Å². The van der Waals surface area contributed by atoms with Gasteiger partial charge in [0.05, 0.1) is 11.4 Å². The van der Waals surface area contributed by atoms with Crippen molar-refractivity contribution in [1.82, 2.24) is 0 Å². The maximum atomic E-state index is 12.1. The molecule has 0 aliphatic carbocycles. The average molecular weight is 603 g/mol. The summed E-state index contributed by atoms with van der Waals surface area (Å²) in [5.74, 6) is 0. The number of aryl methyl sites for hydroxylation is 2. The van der Waals surface area contributed by atoms with Gasteiger partial charge in [-0.1, -0.05) is 28.1 Å². The number of hydrogen-bond donors (Lipinski definition) is 1. The standard InChI is InChI=1S/C14H18BrNO2.C14H19NO2.BHNS/c1-9-7-12-10(8-11(9)15)5-6-16(12)13(17)18-14(2,3)4;1-10-5-6-11-7-8-15(12(11)9-10)13(16)17-14(2,3)4;1-2-3/h7-8H,5-6H2,1-4H3;5-6,9H,7-8H2,1-4H3;3H. The normalized spacial score (nSPS) is 13.8. The fraction of sp³-hybridized carbons (Fsp3) is 0.500. The summed E-state index contributed by atoms with van der Waals surface area (Å²) in [6.07, 6.45) is 1.28. The van der Waals surface area contributed by atoms with Gasteiger partial charge in [0, 0.05) is 17.6 Å². The van der Waals surface area contributed by atoms with Gasteiger partial charge in [0.25, 0.3) is 0 Å². The SMILES string of the molecule is Cc1cc2c(cc1Br)CCN2C(=O)OC(C)(C)C.Cc1ccc2c(c1)N(C(=O)OC(C)(C)C)CC2.[B]=NS. The van der Waals surface area contributed by atoms with Crippen LogP contribution in [0.5, 0.6) is 0 Å². The van der Waals surface area contributed by atoms with Crippen LogP contribution >= 0.6 is 28.7 Å². The molecule has 1 radical (unpaired) electrons. The Morgan fingerprint density at radius 3 is 1.79 bits per heavy atom. The van der Waals surface area contributed by atoms with E-state index in [-0.39, 0.29) is 12.2 Å². The Labute approximate surface area is 242 Å². The summed E-state index contributed by atoms with van der Waals surface area (Å²) in [5, 5.41) is 0. The number of ether oxygens (including phenoxy) is 2. The van der Waals surface area contributed by atoms with Crippen molar-refractivity contribution in [3.8, 4) is 0 Å². The molecule has 205 valence electrons. The molecule has 2 heterocycles. The Kier molecular flexibility index (Phi) is 11.0. The molecular weight excluding hydrogens is 565 g/mol. The first-order valence-electron chi connectivity index (χ1n) is 12.5. The van der Waals surface area contributed by atoms with Crippen molar-refractivity contribution in [1.29, 1.82) is 0 Å². The quantitative estimate of drug-likeness (QED) is 0.250. The van der Waals surface area contributed by atoms with Crippen molar-refractivity contribution in [3.63, 3.8) is 0 Å². The monoisotopic (exact) mass is 602 g/mol. The maximum absolute atomic E-state index is 12.1. The third-order valence-electron chi connectivity index (χ3n) is 5.62. The van der Waals surface area contributed by atoms with Gasteiger partial charge in [-0.3, -0.25) is 9.80 Å². The van der Waals surface area contributed by atoms with Crippen LogP contribution in [0.4, 0.5) is 21.0 Å². The van der Waals surface area contributed by atoms with Crippen LogP contribution < -0.4 is 9.80 Å². The van der Waals surface area contributed by atoms with Crippen LogP contribution in [0.25, 0.3) is 0 Å². The summed E-state index contributed by atoms with van der Waals surface area (Å²) in [7, 11) is 4.34. The van der Waals surface area contributed by atoms with Gasteiger partial charge in [0.1, 0.15) is 11.2 Å². The van der Waals surface area contributed by atoms with Crippen molar-refractivity contribution in [2.75, 3.05) is 22.9 Å². The van der Waals surface area contributed by atoms with Crippen LogP contribution in [0.1, 0.15) is 63.8 Å². The van der Waals surface area contributed by atoms with Gasteiger partial charge in [0.15, 0.2) is 0 Å². The summed E-state index contributed by atoms with van der Waals surface area (Å²) in [6, 6.07) is 10.4. The second-order valence-corrected chi connectivity index (χ2v) is 12.3. The van der Waals surface area contributed by atoms with E-state index < -0.39 is 11.2 Å². The number of thiol groups is 1. The molecule has 0 aromatic heterocycles. The number of benzene rings is 2. The molecule has 2 aromatic rings. The van der Waals surface area contributed by atoms with Gasteiger partial charge >= 0.3 is 36.9 Å². The van der Waals surface area contributed by atoms with Crippen LogP contribution in [0.3, 0.4) is 0 Å². The Bertz CT molecular complexity index is 1180. The Morgan fingerprint density at radius 2 is 1.32 bits per heavy atom. The van der Waals surface area contributed by atoms with E-state index in [0.717, 1.165) is 34.3 Å². The predicted molar refractivity (Wildman–Crippen MR) is 162 cm³/mol. The molecule has 0 saturated heterocycles. The van der Waals surface area contributed by atoms with Crippen molar-refractivity contribution in [2.24, 2.45) is 4.30 Å². The van der Waals surface area contributed by atoms with Crippen molar-refractivity contribution in [3.05, 3.63) is 57.1 Å². The Balaban J connectivity index is 0.000000242. The molecule has 2 aliphatic rings. The summed E-state index contributed by atoms with van der Waals surface area (Å²) < 4.78 is 14.6. The molecule has 0 unspecified atom stereocenters. The van der Waals surface area contributed by atoms with E-state index in [9.17, 15) is 9.59 Å². The van der Waals surface area contributed by atoms with Gasteiger partial charge in [-0.15, -0.1) is 0 Å². The van der Waals surface area contributed by atoms with Crippen molar-refractivity contribution in [2.45, 2.75) is 79.4 Å². The van der Waals surface area contributed by atoms with E-state index in [1.54, 1.807) is 9.80 Å². The number of nitrogens with zero attached hydrogens (tertiary/aromatic N) is 3. The van der Waals surface area contributed by atoms with Crippen molar-refractivity contribution >= 4 is 59.9 Å². The Hall–Kier alpha value is -2.33. The van der Waals surface area contributed by atoms with E-state index in [1.807, 2.05) is 67.5 Å². The van der Waals surface area contributed by atoms with Crippen molar-refractivity contribution < 1.29 is 19.1 Å². The topological polar surface area (TPSA) is 71.4 Å². The number of amides is 2. The second kappa shape index (κ2) is 13.2. The molecule has 38 heavy (non-hydrogen) atoms. The molecule has 2 aliphatic heterocycles. The summed E-state index contributed by atoms with van der Waals surface area (Å²) in [4.78, 5) is 27.6. The number of hydrogen-bond acceptors (Lipinski definition) is 6. The number of carbonyl (C=O) groups excluding carboxylic acids is 2. The van der Waals surface area contributed by atoms with Crippen LogP contribution in [0, 0.1) is 13.8 Å². The summed E-state index contributed by atoms with van der Waals surface area (Å²) in [5.41, 5.74) is 5.79. The molecule has 0 bridgehead atoms. The number of rotatable bonds is 0. The molecule has 2 aromatic carbocycles. The summed E-state index contributed by atoms with van der Waals surface area (Å²) in [6.45, 7) is 16.8. The molecule has 0 atom stereocenters. The molecule has 0 saturated carbocycles. The van der Waals surface area contributed by atoms with Crippen LogP contribution in [0.2, 0.25) is 0 Å². The average Bonchev–Trinajstić information content (AvgIpc) is 3.36. The first-order valence-corrected chi connectivity index (χ1v) is 13.7. The fourth-order valence-electron chi connectivity index (χ4n) is 4.01. The van der Waals surface area contributed by atoms with Gasteiger partial charge in [-0.2, -0.15) is 0 Å². The van der Waals surface area contributed by atoms with Crippen LogP contribution in [-0.2, 0) is 22.3 Å². The van der Waals surface area contributed by atoms with E-state index in [0.29, 0.717) is 13.1 Å². The minimum absolute atomic E-state index is 0.248. The first-order chi connectivity index (χ1) is 17.6. The van der Waals surface area contributed by atoms with Gasteiger partial charge < -0.3 is 9.47 Å². The van der Waals surface area contributed by atoms with E-state index in [4.69, 9.17) is 9.47 Å². The first kappa shape index (κ1) is 31.9. The third kappa shape index (κ3) is 9.15. The number of carbonyl (C=O) groups is 2. The van der Waals surface area contributed by atoms with Gasteiger partial charge in [0.2, 0.25) is 0 Å². The molecule has 4 rings (SSSR count). The molecule has 10 heteroatoms. The third-order valence-corrected chi connectivity index (χ3v) is 6.47. The van der Waals surface area contributed by atoms with Crippen LogP contribution in [-0.4, -0.2) is 44.1 Å². The second-order valence-electron chi connectivity index (χ2n) is 11.2. The zero-order valence-electron chi connectivity index (χ0n) is 23.6. The van der Waals surface area contributed by atoms with Gasteiger partial charge in [-0.25, -0.2) is 9.59 Å². The summed E-state index contributed by atoms with van der Waals surface area (Å²) >= 11 is 6.71. The zero-order chi connectivity index (χ0) is 28.8. The van der Waals surface area contributed by atoms with E-state index >= 15 is 0 Å². The molecule has 0 fully saturated rings. The zero-order valence-corrected chi connectivity index (χ0v) is 26.1. The molecular formula is C28H38BBrN3O4S. The number of fused-ring (bicyclic) bond motifs is 2. The number of anilines is 2. The Morgan fingerprint density at radius 1 is 0.868 bits per heavy atom. The number of halogens is 1. The molecule has 7 nitrogen and oxygen atoms in total. The molecule has 0 spiro atoms. The predicted octanol–water partition coefficient (Wildman–Crippen LogP) is 7.53. The van der Waals surface area contributed by atoms with Gasteiger partial charge in [-0.05, 0) is 109 Å². The van der Waals surface area contributed by atoms with E-state index in [2.05, 4.69) is 58.9 Å².